The van der Waals surface area contributed by atoms with Crippen LogP contribution in [-0.4, -0.2) is 34.2 Å². The van der Waals surface area contributed by atoms with Crippen molar-refractivity contribution in [2.75, 3.05) is 0 Å². The Kier molecular flexibility index (Phi) is 7.21. The average molecular weight is 504 g/mol. The van der Waals surface area contributed by atoms with Gasteiger partial charge in [-0.25, -0.2) is 0 Å². The van der Waals surface area contributed by atoms with Crippen molar-refractivity contribution in [2.45, 2.75) is 102 Å². The lowest BCUT2D eigenvalue weighted by molar-refractivity contribution is -0.146. The van der Waals surface area contributed by atoms with E-state index in [0.717, 1.165) is 56.9 Å². The maximum Gasteiger partial charge on any atom is 0.420 e. The van der Waals surface area contributed by atoms with Gasteiger partial charge in [0.05, 0.1) is 12.0 Å². The first kappa shape index (κ1) is 25.4. The number of alkyl halides is 3. The van der Waals surface area contributed by atoms with Gasteiger partial charge in [-0.15, -0.1) is 0 Å². The van der Waals surface area contributed by atoms with Crippen LogP contribution >= 0.6 is 0 Å². The Bertz CT molecular complexity index is 1080. The Balaban J connectivity index is 1.42. The molecule has 2 unspecified atom stereocenters. The van der Waals surface area contributed by atoms with Crippen molar-refractivity contribution < 1.29 is 27.8 Å². The fourth-order valence-corrected chi connectivity index (χ4v) is 6.82. The SMILES string of the molecule is CCC1CCC(Oc2ccc3ccc(CN4C5CCCC4CC(C(=O)O)C5)cc3c2C(F)(F)F)CC1. The molecule has 2 aromatic rings. The number of nitrogens with zero attached hydrogens (tertiary/aromatic N) is 1. The van der Waals surface area contributed by atoms with E-state index >= 15 is 0 Å². The summed E-state index contributed by atoms with van der Waals surface area (Å²) in [5.74, 6) is -0.475. The van der Waals surface area contributed by atoms with Crippen molar-refractivity contribution in [3.05, 3.63) is 41.5 Å². The van der Waals surface area contributed by atoms with Crippen LogP contribution in [0.5, 0.6) is 5.75 Å². The molecule has 36 heavy (non-hydrogen) atoms. The van der Waals surface area contributed by atoms with Crippen LogP contribution < -0.4 is 4.74 Å². The standard InChI is InChI=1S/C29H36F3NO3/c1-2-18-7-11-24(12-8-18)36-26-13-10-20-9-6-19(14-25(20)27(26)29(30,31)32)17-33-22-4-3-5-23(33)16-21(15-22)28(34)35/h6,9-10,13-14,18,21-24H,2-5,7-8,11-12,15-17H2,1H3,(H,34,35). The molecular weight excluding hydrogens is 467 g/mol. The van der Waals surface area contributed by atoms with Gasteiger partial charge in [0.1, 0.15) is 11.3 Å². The normalized spacial score (nSPS) is 29.3. The molecule has 4 nitrogen and oxygen atoms in total. The van der Waals surface area contributed by atoms with Gasteiger partial charge in [0, 0.05) is 18.6 Å². The highest BCUT2D eigenvalue weighted by molar-refractivity contribution is 5.89. The summed E-state index contributed by atoms with van der Waals surface area (Å²) in [5.41, 5.74) is 0.156. The van der Waals surface area contributed by atoms with E-state index in [1.165, 1.54) is 6.07 Å². The van der Waals surface area contributed by atoms with Crippen LogP contribution in [0.4, 0.5) is 13.2 Å². The number of aliphatic carboxylic acids is 1. The molecule has 3 aliphatic rings. The molecule has 2 aliphatic heterocycles. The monoisotopic (exact) mass is 503 g/mol. The molecule has 2 saturated heterocycles. The Morgan fingerprint density at radius 3 is 2.31 bits per heavy atom. The van der Waals surface area contributed by atoms with Crippen LogP contribution in [0, 0.1) is 11.8 Å². The van der Waals surface area contributed by atoms with Crippen molar-refractivity contribution in [2.24, 2.45) is 11.8 Å². The highest BCUT2D eigenvalue weighted by atomic mass is 19.4. The minimum atomic E-state index is -4.52. The molecule has 3 fully saturated rings. The molecule has 1 saturated carbocycles. The summed E-state index contributed by atoms with van der Waals surface area (Å²) in [7, 11) is 0. The smallest absolute Gasteiger partial charge is 0.420 e. The second-order valence-electron chi connectivity index (χ2n) is 11.1. The van der Waals surface area contributed by atoms with Gasteiger partial charge < -0.3 is 9.84 Å². The number of carbonyl (C=O) groups is 1. The molecule has 196 valence electrons. The van der Waals surface area contributed by atoms with Gasteiger partial charge in [0.25, 0.3) is 0 Å². The van der Waals surface area contributed by atoms with Crippen LogP contribution in [0.3, 0.4) is 0 Å². The Morgan fingerprint density at radius 2 is 1.69 bits per heavy atom. The number of ether oxygens (including phenoxy) is 1. The molecule has 2 heterocycles. The van der Waals surface area contributed by atoms with E-state index < -0.39 is 17.7 Å². The lowest BCUT2D eigenvalue weighted by Gasteiger charge is -2.48. The van der Waals surface area contributed by atoms with Gasteiger partial charge in [0.15, 0.2) is 0 Å². The molecule has 0 amide bonds. The van der Waals surface area contributed by atoms with Crippen molar-refractivity contribution in [3.63, 3.8) is 0 Å². The van der Waals surface area contributed by atoms with Crippen molar-refractivity contribution in [1.29, 1.82) is 0 Å². The quantitative estimate of drug-likeness (QED) is 0.446. The zero-order chi connectivity index (χ0) is 25.4. The lowest BCUT2D eigenvalue weighted by Crippen LogP contribution is -2.52. The number of rotatable bonds is 6. The number of halogens is 3. The summed E-state index contributed by atoms with van der Waals surface area (Å²) in [5, 5.41) is 10.3. The topological polar surface area (TPSA) is 49.8 Å². The van der Waals surface area contributed by atoms with Gasteiger partial charge in [0.2, 0.25) is 0 Å². The molecule has 2 atom stereocenters. The number of hydrogen-bond donors (Lipinski definition) is 1. The van der Waals surface area contributed by atoms with Crippen LogP contribution in [0.2, 0.25) is 0 Å². The molecule has 0 spiro atoms. The van der Waals surface area contributed by atoms with Gasteiger partial charge in [-0.05, 0) is 85.8 Å². The minimum absolute atomic E-state index is 0.0637. The summed E-state index contributed by atoms with van der Waals surface area (Å²) in [4.78, 5) is 13.9. The van der Waals surface area contributed by atoms with Crippen molar-refractivity contribution in [3.8, 4) is 5.75 Å². The third-order valence-electron chi connectivity index (χ3n) is 8.84. The third kappa shape index (κ3) is 5.22. The summed E-state index contributed by atoms with van der Waals surface area (Å²) >= 11 is 0. The predicted molar refractivity (Wildman–Crippen MR) is 133 cm³/mol. The molecule has 0 radical (unpaired) electrons. The van der Waals surface area contributed by atoms with Crippen LogP contribution in [0.1, 0.15) is 82.3 Å². The maximum atomic E-state index is 14.4. The van der Waals surface area contributed by atoms with E-state index in [9.17, 15) is 23.1 Å². The van der Waals surface area contributed by atoms with E-state index in [4.69, 9.17) is 4.74 Å². The molecular formula is C29H36F3NO3. The van der Waals surface area contributed by atoms with Crippen LogP contribution in [0.25, 0.3) is 10.8 Å². The number of carboxylic acid groups (broad SMARTS) is 1. The first-order valence-electron chi connectivity index (χ1n) is 13.5. The van der Waals surface area contributed by atoms with Gasteiger partial charge in [-0.3, -0.25) is 9.69 Å². The molecule has 0 aromatic heterocycles. The summed E-state index contributed by atoms with van der Waals surface area (Å²) in [6.07, 6.45) is 4.20. The first-order chi connectivity index (χ1) is 17.2. The Hall–Kier alpha value is -2.28. The van der Waals surface area contributed by atoms with E-state index in [1.54, 1.807) is 18.2 Å². The highest BCUT2D eigenvalue weighted by Crippen LogP contribution is 2.44. The maximum absolute atomic E-state index is 14.4. The van der Waals surface area contributed by atoms with Crippen molar-refractivity contribution >= 4 is 16.7 Å². The van der Waals surface area contributed by atoms with E-state index in [0.29, 0.717) is 30.7 Å². The number of piperidine rings is 2. The minimum Gasteiger partial charge on any atom is -0.490 e. The van der Waals surface area contributed by atoms with Crippen molar-refractivity contribution in [1.82, 2.24) is 4.90 Å². The molecule has 5 rings (SSSR count). The fraction of sp³-hybridized carbons (Fsp3) is 0.621. The molecule has 1 N–H and O–H groups in total. The molecule has 7 heteroatoms. The Labute approximate surface area is 210 Å². The molecule has 1 aliphatic carbocycles. The fourth-order valence-electron chi connectivity index (χ4n) is 6.82. The summed E-state index contributed by atoms with van der Waals surface area (Å²) in [6.45, 7) is 2.71. The zero-order valence-corrected chi connectivity index (χ0v) is 20.9. The lowest BCUT2D eigenvalue weighted by atomic mass is 9.78. The molecule has 2 bridgehead atoms. The van der Waals surface area contributed by atoms with Crippen LogP contribution in [-0.2, 0) is 17.5 Å². The number of hydrogen-bond acceptors (Lipinski definition) is 3. The number of benzene rings is 2. The molecule has 2 aromatic carbocycles. The average Bonchev–Trinajstić information content (AvgIpc) is 2.83. The second-order valence-corrected chi connectivity index (χ2v) is 11.1. The second kappa shape index (κ2) is 10.2. The zero-order valence-electron chi connectivity index (χ0n) is 20.9. The Morgan fingerprint density at radius 1 is 1.03 bits per heavy atom. The summed E-state index contributed by atoms with van der Waals surface area (Å²) in [6, 6.07) is 8.92. The van der Waals surface area contributed by atoms with E-state index in [-0.39, 0.29) is 35.2 Å². The highest BCUT2D eigenvalue weighted by Gasteiger charge is 2.41. The van der Waals surface area contributed by atoms with E-state index in [1.807, 2.05) is 6.07 Å². The van der Waals surface area contributed by atoms with Gasteiger partial charge in [-0.1, -0.05) is 38.0 Å². The largest absolute Gasteiger partial charge is 0.490 e. The predicted octanol–water partition coefficient (Wildman–Crippen LogP) is 7.42. The van der Waals surface area contributed by atoms with Gasteiger partial charge >= 0.3 is 12.1 Å². The van der Waals surface area contributed by atoms with Gasteiger partial charge in [-0.2, -0.15) is 13.2 Å². The first-order valence-corrected chi connectivity index (χ1v) is 13.5. The number of fused-ring (bicyclic) bond motifs is 3. The van der Waals surface area contributed by atoms with E-state index in [2.05, 4.69) is 11.8 Å². The number of carboxylic acids is 1. The third-order valence-corrected chi connectivity index (χ3v) is 8.84. The summed E-state index contributed by atoms with van der Waals surface area (Å²) < 4.78 is 49.2. The van der Waals surface area contributed by atoms with Crippen LogP contribution in [0.15, 0.2) is 30.3 Å².